The average molecular weight is 135 g/mol. The summed E-state index contributed by atoms with van der Waals surface area (Å²) in [6.45, 7) is 1.69. The lowest BCUT2D eigenvalue weighted by atomic mass is 9.85. The van der Waals surface area contributed by atoms with Crippen LogP contribution in [0.2, 0.25) is 0 Å². The molecule has 53 valence electrons. The van der Waals surface area contributed by atoms with E-state index in [1.165, 1.54) is 0 Å². The Morgan fingerprint density at radius 3 is 3.20 bits per heavy atom. The number of allylic oxidation sites excluding steroid dienone is 2. The molecule has 2 atom stereocenters. The Labute approximate surface area is 60.8 Å². The highest BCUT2D eigenvalue weighted by Crippen LogP contribution is 2.25. The lowest BCUT2D eigenvalue weighted by Crippen LogP contribution is -2.45. The van der Waals surface area contributed by atoms with E-state index in [-0.39, 0.29) is 5.54 Å². The van der Waals surface area contributed by atoms with E-state index in [0.29, 0.717) is 5.92 Å². The van der Waals surface area contributed by atoms with Crippen molar-refractivity contribution < 1.29 is 0 Å². The molecule has 0 aromatic rings. The van der Waals surface area contributed by atoms with Crippen molar-refractivity contribution in [1.82, 2.24) is 5.32 Å². The van der Waals surface area contributed by atoms with Gasteiger partial charge in [-0.3, -0.25) is 0 Å². The van der Waals surface area contributed by atoms with Crippen LogP contribution in [0.3, 0.4) is 0 Å². The van der Waals surface area contributed by atoms with E-state index in [4.69, 9.17) is 5.73 Å². The smallest absolute Gasteiger partial charge is 0.0562 e. The summed E-state index contributed by atoms with van der Waals surface area (Å²) in [6.07, 6.45) is 8.28. The molecular weight excluding hydrogens is 124 g/mol. The van der Waals surface area contributed by atoms with E-state index in [1.807, 2.05) is 6.08 Å². The number of hydrogen-bond acceptors (Lipinski definition) is 1. The predicted octanol–water partition coefficient (Wildman–Crippen LogP) is 0.0441. The largest absolute Gasteiger partial charge is 0.320 e. The van der Waals surface area contributed by atoms with Gasteiger partial charge in [-0.1, -0.05) is 24.3 Å². The summed E-state index contributed by atoms with van der Waals surface area (Å²) in [5.41, 5.74) is 5.89. The summed E-state index contributed by atoms with van der Waals surface area (Å²) in [6, 6.07) is 0. The minimum Gasteiger partial charge on any atom is -0.320 e. The zero-order valence-electron chi connectivity index (χ0n) is 5.83. The molecule has 1 saturated heterocycles. The highest BCUT2D eigenvalue weighted by Gasteiger charge is 2.37. The van der Waals surface area contributed by atoms with Crippen LogP contribution in [-0.2, 0) is 0 Å². The van der Waals surface area contributed by atoms with Crippen molar-refractivity contribution in [3.63, 3.8) is 0 Å². The third kappa shape index (κ3) is 0.728. The summed E-state index contributed by atoms with van der Waals surface area (Å²) < 4.78 is 0. The van der Waals surface area contributed by atoms with Crippen LogP contribution < -0.4 is 11.1 Å². The molecular formula is C8H11N2. The number of nitrogens with zero attached hydrogens (tertiary/aromatic N) is 1. The molecule has 2 N–H and O–H groups in total. The van der Waals surface area contributed by atoms with Gasteiger partial charge >= 0.3 is 0 Å². The van der Waals surface area contributed by atoms with Crippen molar-refractivity contribution in [2.75, 3.05) is 13.1 Å². The van der Waals surface area contributed by atoms with Gasteiger partial charge in [-0.2, -0.15) is 0 Å². The van der Waals surface area contributed by atoms with Crippen LogP contribution in [-0.4, -0.2) is 18.6 Å². The van der Waals surface area contributed by atoms with Crippen molar-refractivity contribution >= 4 is 0 Å². The van der Waals surface area contributed by atoms with Gasteiger partial charge in [0.15, 0.2) is 0 Å². The van der Waals surface area contributed by atoms with E-state index in [9.17, 15) is 0 Å². The van der Waals surface area contributed by atoms with Crippen LogP contribution >= 0.6 is 0 Å². The Hall–Kier alpha value is -0.600. The van der Waals surface area contributed by atoms with E-state index in [0.717, 1.165) is 13.1 Å². The average Bonchev–Trinajstić information content (AvgIpc) is 2.29. The van der Waals surface area contributed by atoms with Gasteiger partial charge in [-0.05, 0) is 0 Å². The highest BCUT2D eigenvalue weighted by atomic mass is 15.0. The quantitative estimate of drug-likeness (QED) is 0.500. The lowest BCUT2D eigenvalue weighted by molar-refractivity contribution is 0.489. The van der Waals surface area contributed by atoms with Gasteiger partial charge in [-0.25, -0.2) is 5.32 Å². The Balaban J connectivity index is 2.30. The number of hydrogen-bond donors (Lipinski definition) is 1. The van der Waals surface area contributed by atoms with Gasteiger partial charge in [0.1, 0.15) is 0 Å². The molecule has 10 heavy (non-hydrogen) atoms. The first-order chi connectivity index (χ1) is 4.81. The molecule has 1 aliphatic heterocycles. The zero-order chi connectivity index (χ0) is 7.03. The first-order valence-electron chi connectivity index (χ1n) is 3.59. The molecule has 0 amide bonds. The van der Waals surface area contributed by atoms with Crippen LogP contribution in [0.4, 0.5) is 0 Å². The van der Waals surface area contributed by atoms with Crippen LogP contribution in [0.5, 0.6) is 0 Å². The topological polar surface area (TPSA) is 40.1 Å². The Morgan fingerprint density at radius 2 is 2.40 bits per heavy atom. The van der Waals surface area contributed by atoms with Crippen LogP contribution in [0.15, 0.2) is 24.3 Å². The second kappa shape index (κ2) is 1.94. The van der Waals surface area contributed by atoms with Gasteiger partial charge in [0.2, 0.25) is 0 Å². The van der Waals surface area contributed by atoms with E-state index in [1.54, 1.807) is 0 Å². The molecule has 2 aliphatic rings. The van der Waals surface area contributed by atoms with Crippen molar-refractivity contribution in [2.24, 2.45) is 11.7 Å². The van der Waals surface area contributed by atoms with Gasteiger partial charge < -0.3 is 5.73 Å². The lowest BCUT2D eigenvalue weighted by Gasteiger charge is -2.26. The van der Waals surface area contributed by atoms with Crippen LogP contribution in [0.25, 0.3) is 0 Å². The van der Waals surface area contributed by atoms with Crippen molar-refractivity contribution in [3.8, 4) is 0 Å². The Morgan fingerprint density at radius 1 is 1.50 bits per heavy atom. The number of rotatable bonds is 0. The Kier molecular flexibility index (Phi) is 1.19. The standard InChI is InChI=1S/C8H11N2/c9-8-4-2-1-3-7(8)5-10-6-8/h1-4,7H,5-6,9H2. The monoisotopic (exact) mass is 135 g/mol. The molecule has 0 aromatic heterocycles. The number of fused-ring (bicyclic) bond motifs is 1. The predicted molar refractivity (Wildman–Crippen MR) is 40.6 cm³/mol. The summed E-state index contributed by atoms with van der Waals surface area (Å²) >= 11 is 0. The van der Waals surface area contributed by atoms with Gasteiger partial charge in [0, 0.05) is 19.0 Å². The van der Waals surface area contributed by atoms with Gasteiger partial charge in [0.25, 0.3) is 0 Å². The van der Waals surface area contributed by atoms with Crippen molar-refractivity contribution in [1.29, 1.82) is 0 Å². The van der Waals surface area contributed by atoms with Gasteiger partial charge in [-0.15, -0.1) is 0 Å². The summed E-state index contributed by atoms with van der Waals surface area (Å²) in [4.78, 5) is 0. The van der Waals surface area contributed by atoms with Crippen LogP contribution in [0.1, 0.15) is 0 Å². The maximum atomic E-state index is 6.03. The second-order valence-electron chi connectivity index (χ2n) is 3.03. The normalized spacial score (nSPS) is 43.9. The molecule has 0 bridgehead atoms. The molecule has 2 heteroatoms. The molecule has 2 unspecified atom stereocenters. The molecule has 0 spiro atoms. The fourth-order valence-corrected chi connectivity index (χ4v) is 1.53. The zero-order valence-corrected chi connectivity index (χ0v) is 5.83. The molecule has 0 saturated carbocycles. The fraction of sp³-hybridized carbons (Fsp3) is 0.500. The first kappa shape index (κ1) is 6.13. The van der Waals surface area contributed by atoms with E-state index >= 15 is 0 Å². The van der Waals surface area contributed by atoms with E-state index in [2.05, 4.69) is 23.5 Å². The maximum absolute atomic E-state index is 6.03. The SMILES string of the molecule is NC12C=CC=CC1C[N]C2. The summed E-state index contributed by atoms with van der Waals surface area (Å²) in [7, 11) is 0. The molecule has 2 rings (SSSR count). The molecule has 0 aromatic carbocycles. The molecule has 1 heterocycles. The van der Waals surface area contributed by atoms with Crippen LogP contribution in [0, 0.1) is 5.92 Å². The first-order valence-corrected chi connectivity index (χ1v) is 3.59. The highest BCUT2D eigenvalue weighted by molar-refractivity contribution is 5.26. The second-order valence-corrected chi connectivity index (χ2v) is 3.03. The molecule has 1 aliphatic carbocycles. The molecule has 2 nitrogen and oxygen atoms in total. The Bertz CT molecular complexity index is 195. The van der Waals surface area contributed by atoms with Gasteiger partial charge in [0.05, 0.1) is 5.54 Å². The third-order valence-corrected chi connectivity index (χ3v) is 2.26. The molecule has 1 radical (unpaired) electrons. The minimum absolute atomic E-state index is 0.144. The maximum Gasteiger partial charge on any atom is 0.0562 e. The minimum atomic E-state index is -0.144. The van der Waals surface area contributed by atoms with Crippen molar-refractivity contribution in [2.45, 2.75) is 5.54 Å². The summed E-state index contributed by atoms with van der Waals surface area (Å²) in [5.74, 6) is 0.456. The fourth-order valence-electron chi connectivity index (χ4n) is 1.53. The molecule has 1 fully saturated rings. The van der Waals surface area contributed by atoms with Crippen molar-refractivity contribution in [3.05, 3.63) is 24.3 Å². The summed E-state index contributed by atoms with van der Waals surface area (Å²) in [5, 5.41) is 4.27. The number of nitrogens with two attached hydrogens (primary N) is 1. The van der Waals surface area contributed by atoms with E-state index < -0.39 is 0 Å². The third-order valence-electron chi connectivity index (χ3n) is 2.26.